The van der Waals surface area contributed by atoms with Gasteiger partial charge in [-0.15, -0.1) is 0 Å². The minimum absolute atomic E-state index is 0.118. The van der Waals surface area contributed by atoms with Crippen molar-refractivity contribution in [3.05, 3.63) is 35.4 Å². The average molecular weight is 289 g/mol. The Morgan fingerprint density at radius 1 is 1.38 bits per heavy atom. The van der Waals surface area contributed by atoms with Crippen LogP contribution in [0.15, 0.2) is 24.3 Å². The molecule has 21 heavy (non-hydrogen) atoms. The topological polar surface area (TPSA) is 49.3 Å². The summed E-state index contributed by atoms with van der Waals surface area (Å²) in [5, 5.41) is 12.5. The van der Waals surface area contributed by atoms with E-state index < -0.39 is 5.41 Å². The summed E-state index contributed by atoms with van der Waals surface area (Å²) < 4.78 is 0. The lowest BCUT2D eigenvalue weighted by Crippen LogP contribution is -2.45. The Bertz CT molecular complexity index is 498. The Morgan fingerprint density at radius 3 is 2.81 bits per heavy atom. The summed E-state index contributed by atoms with van der Waals surface area (Å²) in [6, 6.07) is 8.29. The maximum Gasteiger partial charge on any atom is 0.230 e. The highest BCUT2D eigenvalue weighted by Gasteiger charge is 2.38. The Kier molecular flexibility index (Phi) is 5.04. The molecule has 3 unspecified atom stereocenters. The highest BCUT2D eigenvalue weighted by Crippen LogP contribution is 2.37. The van der Waals surface area contributed by atoms with E-state index in [2.05, 4.69) is 31.3 Å². The number of carbonyl (C=O) groups excluding carboxylic acids is 1. The van der Waals surface area contributed by atoms with Crippen LogP contribution in [0.25, 0.3) is 0 Å². The van der Waals surface area contributed by atoms with E-state index in [-0.39, 0.29) is 17.9 Å². The molecule has 0 bridgehead atoms. The smallest absolute Gasteiger partial charge is 0.230 e. The highest BCUT2D eigenvalue weighted by molar-refractivity contribution is 5.88. The Morgan fingerprint density at radius 2 is 2.10 bits per heavy atom. The zero-order valence-corrected chi connectivity index (χ0v) is 13.4. The molecule has 3 heteroatoms. The first-order valence-corrected chi connectivity index (χ1v) is 7.98. The Balaban J connectivity index is 2.05. The van der Waals surface area contributed by atoms with Crippen LogP contribution < -0.4 is 5.32 Å². The molecule has 116 valence electrons. The predicted octanol–water partition coefficient (Wildman–Crippen LogP) is 2.80. The van der Waals surface area contributed by atoms with Gasteiger partial charge in [0.15, 0.2) is 0 Å². The molecular weight excluding hydrogens is 262 g/mol. The number of hydrogen-bond donors (Lipinski definition) is 2. The number of nitrogens with one attached hydrogen (secondary N) is 1. The second-order valence-corrected chi connectivity index (χ2v) is 6.74. The van der Waals surface area contributed by atoms with E-state index >= 15 is 0 Å². The zero-order chi connectivity index (χ0) is 15.5. The standard InChI is InChI=1S/C18H27NO2/c1-13(11-14(2)20)12-19-17(21)18(3)10-6-8-15-7-4-5-9-16(15)18/h4-5,7,9,13-14,20H,6,8,10-12H2,1-3H3,(H,19,21). The van der Waals surface area contributed by atoms with Crippen LogP contribution in [0, 0.1) is 5.92 Å². The van der Waals surface area contributed by atoms with Crippen molar-refractivity contribution in [2.45, 2.75) is 58.0 Å². The van der Waals surface area contributed by atoms with Gasteiger partial charge in [0.2, 0.25) is 5.91 Å². The molecule has 0 aromatic heterocycles. The number of fused-ring (bicyclic) bond motifs is 1. The van der Waals surface area contributed by atoms with Crippen LogP contribution in [0.1, 0.15) is 51.2 Å². The Labute approximate surface area is 127 Å². The number of amides is 1. The highest BCUT2D eigenvalue weighted by atomic mass is 16.3. The van der Waals surface area contributed by atoms with Crippen LogP contribution >= 0.6 is 0 Å². The lowest BCUT2D eigenvalue weighted by atomic mass is 9.70. The van der Waals surface area contributed by atoms with Gasteiger partial charge in [0.05, 0.1) is 11.5 Å². The average Bonchev–Trinajstić information content (AvgIpc) is 2.44. The van der Waals surface area contributed by atoms with Crippen molar-refractivity contribution >= 4 is 5.91 Å². The monoisotopic (exact) mass is 289 g/mol. The van der Waals surface area contributed by atoms with Gasteiger partial charge in [0.1, 0.15) is 0 Å². The van der Waals surface area contributed by atoms with E-state index in [0.717, 1.165) is 19.3 Å². The number of carbonyl (C=O) groups is 1. The minimum atomic E-state index is -0.417. The molecule has 0 saturated heterocycles. The number of aliphatic hydroxyl groups is 1. The Hall–Kier alpha value is -1.35. The first-order chi connectivity index (χ1) is 9.93. The van der Waals surface area contributed by atoms with E-state index in [1.165, 1.54) is 11.1 Å². The summed E-state index contributed by atoms with van der Waals surface area (Å²) in [7, 11) is 0. The van der Waals surface area contributed by atoms with Crippen molar-refractivity contribution in [1.29, 1.82) is 0 Å². The molecule has 1 aromatic carbocycles. The van der Waals surface area contributed by atoms with Gasteiger partial charge in [-0.1, -0.05) is 31.2 Å². The van der Waals surface area contributed by atoms with E-state index in [4.69, 9.17) is 0 Å². The molecule has 2 rings (SSSR count). The fourth-order valence-corrected chi connectivity index (χ4v) is 3.41. The summed E-state index contributed by atoms with van der Waals surface area (Å²) >= 11 is 0. The van der Waals surface area contributed by atoms with Gasteiger partial charge in [-0.2, -0.15) is 0 Å². The summed E-state index contributed by atoms with van der Waals surface area (Å²) in [5.41, 5.74) is 2.06. The van der Waals surface area contributed by atoms with Crippen molar-refractivity contribution < 1.29 is 9.90 Å². The van der Waals surface area contributed by atoms with Crippen molar-refractivity contribution in [2.75, 3.05) is 6.54 Å². The maximum atomic E-state index is 12.7. The third-order valence-electron chi connectivity index (χ3n) is 4.59. The molecule has 1 aliphatic carbocycles. The maximum absolute atomic E-state index is 12.7. The SMILES string of the molecule is CC(O)CC(C)CNC(=O)C1(C)CCCc2ccccc21. The van der Waals surface area contributed by atoms with Gasteiger partial charge >= 0.3 is 0 Å². The molecule has 0 fully saturated rings. The summed E-state index contributed by atoms with van der Waals surface area (Å²) in [6.07, 6.45) is 3.43. The van der Waals surface area contributed by atoms with Crippen LogP contribution in [-0.2, 0) is 16.6 Å². The molecule has 1 aliphatic rings. The van der Waals surface area contributed by atoms with Crippen LogP contribution in [0.2, 0.25) is 0 Å². The van der Waals surface area contributed by atoms with Gasteiger partial charge in [-0.05, 0) is 56.6 Å². The predicted molar refractivity (Wildman–Crippen MR) is 85.2 cm³/mol. The second kappa shape index (κ2) is 6.61. The van der Waals surface area contributed by atoms with Crippen LogP contribution in [-0.4, -0.2) is 23.7 Å². The first kappa shape index (κ1) is 16.0. The van der Waals surface area contributed by atoms with E-state index in [1.807, 2.05) is 12.1 Å². The third-order valence-corrected chi connectivity index (χ3v) is 4.59. The molecule has 0 spiro atoms. The van der Waals surface area contributed by atoms with E-state index in [1.54, 1.807) is 6.92 Å². The molecule has 1 aromatic rings. The molecule has 2 N–H and O–H groups in total. The van der Waals surface area contributed by atoms with Crippen molar-refractivity contribution in [1.82, 2.24) is 5.32 Å². The summed E-state index contributed by atoms with van der Waals surface area (Å²) in [4.78, 5) is 12.7. The first-order valence-electron chi connectivity index (χ1n) is 7.98. The van der Waals surface area contributed by atoms with Gasteiger partial charge < -0.3 is 10.4 Å². The molecule has 1 amide bonds. The second-order valence-electron chi connectivity index (χ2n) is 6.74. The number of aliphatic hydroxyl groups excluding tert-OH is 1. The molecule has 3 nitrogen and oxygen atoms in total. The van der Waals surface area contributed by atoms with Crippen molar-refractivity contribution in [2.24, 2.45) is 5.92 Å². The van der Waals surface area contributed by atoms with Gasteiger partial charge in [-0.25, -0.2) is 0 Å². The van der Waals surface area contributed by atoms with E-state index in [9.17, 15) is 9.90 Å². The van der Waals surface area contributed by atoms with Crippen LogP contribution in [0.5, 0.6) is 0 Å². The fraction of sp³-hybridized carbons (Fsp3) is 0.611. The number of hydrogen-bond acceptors (Lipinski definition) is 2. The summed E-state index contributed by atoms with van der Waals surface area (Å²) in [6.45, 7) is 6.53. The fourth-order valence-electron chi connectivity index (χ4n) is 3.41. The van der Waals surface area contributed by atoms with Crippen molar-refractivity contribution in [3.63, 3.8) is 0 Å². The zero-order valence-electron chi connectivity index (χ0n) is 13.4. The molecule has 3 atom stereocenters. The van der Waals surface area contributed by atoms with Gasteiger partial charge in [0.25, 0.3) is 0 Å². The normalized spacial score (nSPS) is 24.0. The lowest BCUT2D eigenvalue weighted by Gasteiger charge is -2.35. The molecule has 0 heterocycles. The van der Waals surface area contributed by atoms with Crippen LogP contribution in [0.4, 0.5) is 0 Å². The lowest BCUT2D eigenvalue weighted by molar-refractivity contribution is -0.127. The minimum Gasteiger partial charge on any atom is -0.393 e. The number of benzene rings is 1. The largest absolute Gasteiger partial charge is 0.393 e. The quantitative estimate of drug-likeness (QED) is 0.875. The summed E-state index contributed by atoms with van der Waals surface area (Å²) in [5.74, 6) is 0.406. The molecular formula is C18H27NO2. The van der Waals surface area contributed by atoms with Crippen molar-refractivity contribution in [3.8, 4) is 0 Å². The van der Waals surface area contributed by atoms with Crippen LogP contribution in [0.3, 0.4) is 0 Å². The molecule has 0 radical (unpaired) electrons. The number of rotatable bonds is 5. The number of aryl methyl sites for hydroxylation is 1. The third kappa shape index (κ3) is 3.65. The van der Waals surface area contributed by atoms with Gasteiger partial charge in [0, 0.05) is 6.54 Å². The molecule has 0 saturated carbocycles. The van der Waals surface area contributed by atoms with Gasteiger partial charge in [-0.3, -0.25) is 4.79 Å². The van der Waals surface area contributed by atoms with E-state index in [0.29, 0.717) is 13.0 Å². The molecule has 0 aliphatic heterocycles.